The van der Waals surface area contributed by atoms with Gasteiger partial charge in [-0.2, -0.15) is 28.0 Å². The molecular weight excluding hydrogens is 423 g/mol. The smallest absolute Gasteiger partial charge is 0.342 e. The molecule has 2 N–H and O–H groups in total. The van der Waals surface area contributed by atoms with Crippen molar-refractivity contribution in [3.8, 4) is 17.2 Å². The number of para-hydroxylation sites is 1. The average Bonchev–Trinajstić information content (AvgIpc) is 3.15. The molecule has 7 nitrogen and oxygen atoms in total. The van der Waals surface area contributed by atoms with Gasteiger partial charge in [-0.3, -0.25) is 9.59 Å². The van der Waals surface area contributed by atoms with Crippen LogP contribution in [0, 0.1) is 18.3 Å². The van der Waals surface area contributed by atoms with Gasteiger partial charge in [0.15, 0.2) is 5.69 Å². The number of nitrogens with one attached hydrogen (secondary N) is 2. The van der Waals surface area contributed by atoms with Gasteiger partial charge in [-0.25, -0.2) is 0 Å². The van der Waals surface area contributed by atoms with Crippen molar-refractivity contribution in [2.75, 3.05) is 5.32 Å². The van der Waals surface area contributed by atoms with Crippen LogP contribution in [0.2, 0.25) is 0 Å². The highest BCUT2D eigenvalue weighted by Gasteiger charge is 2.39. The maximum atomic E-state index is 13.7. The van der Waals surface area contributed by atoms with E-state index in [1.807, 2.05) is 6.07 Å². The molecule has 0 saturated carbocycles. The molecule has 0 spiro atoms. The lowest BCUT2D eigenvalue weighted by atomic mass is 10.1. The number of aromatic amines is 1. The molecule has 0 fully saturated rings. The molecule has 0 aliphatic carbocycles. The molecule has 2 aromatic heterocycles. The number of H-pyrrole nitrogens is 1. The fraction of sp³-hybridized carbons (Fsp3) is 0.0909. The molecule has 0 aliphatic rings. The third kappa shape index (κ3) is 3.50. The van der Waals surface area contributed by atoms with E-state index in [0.29, 0.717) is 4.52 Å². The summed E-state index contributed by atoms with van der Waals surface area (Å²) >= 11 is 0. The van der Waals surface area contributed by atoms with Crippen molar-refractivity contribution in [2.24, 2.45) is 0 Å². The molecule has 0 atom stereocenters. The van der Waals surface area contributed by atoms with Gasteiger partial charge in [-0.1, -0.05) is 42.5 Å². The minimum atomic E-state index is -4.83. The second-order valence-corrected chi connectivity index (χ2v) is 6.89. The van der Waals surface area contributed by atoms with Gasteiger partial charge >= 0.3 is 6.18 Å². The Kier molecular flexibility index (Phi) is 5.02. The number of rotatable bonds is 3. The van der Waals surface area contributed by atoms with Crippen molar-refractivity contribution in [1.82, 2.24) is 14.6 Å². The Morgan fingerprint density at radius 2 is 1.78 bits per heavy atom. The van der Waals surface area contributed by atoms with E-state index >= 15 is 0 Å². The fourth-order valence-electron chi connectivity index (χ4n) is 3.41. The molecule has 2 aromatic carbocycles. The summed E-state index contributed by atoms with van der Waals surface area (Å²) in [5.74, 6) is -0.876. The van der Waals surface area contributed by atoms with Crippen LogP contribution in [0.25, 0.3) is 16.8 Å². The predicted molar refractivity (Wildman–Crippen MR) is 110 cm³/mol. The molecule has 1 amide bonds. The van der Waals surface area contributed by atoms with Crippen LogP contribution < -0.4 is 10.9 Å². The highest BCUT2D eigenvalue weighted by molar-refractivity contribution is 6.05. The summed E-state index contributed by atoms with van der Waals surface area (Å²) in [6, 6.07) is 15.8. The number of hydrogen-bond donors (Lipinski definition) is 2. The molecule has 0 saturated heterocycles. The minimum absolute atomic E-state index is 0.0558. The number of carbonyl (C=O) groups is 1. The molecule has 0 bridgehead atoms. The Labute approximate surface area is 178 Å². The number of alkyl halides is 3. The van der Waals surface area contributed by atoms with Crippen molar-refractivity contribution in [2.45, 2.75) is 13.1 Å². The number of benzene rings is 2. The Bertz CT molecular complexity index is 1450. The van der Waals surface area contributed by atoms with E-state index in [9.17, 15) is 28.0 Å². The van der Waals surface area contributed by atoms with E-state index < -0.39 is 28.9 Å². The van der Waals surface area contributed by atoms with Crippen LogP contribution in [-0.2, 0) is 6.18 Å². The van der Waals surface area contributed by atoms with E-state index in [0.717, 1.165) is 0 Å². The molecule has 160 valence electrons. The Balaban J connectivity index is 1.92. The molecule has 0 radical (unpaired) electrons. The van der Waals surface area contributed by atoms with Gasteiger partial charge in [0.25, 0.3) is 11.5 Å². The number of aromatic nitrogens is 3. The molecule has 4 aromatic rings. The molecular formula is C22H14F3N5O2. The van der Waals surface area contributed by atoms with E-state index in [1.165, 1.54) is 31.2 Å². The Morgan fingerprint density at radius 1 is 1.12 bits per heavy atom. The van der Waals surface area contributed by atoms with Crippen LogP contribution in [0.3, 0.4) is 0 Å². The van der Waals surface area contributed by atoms with Crippen molar-refractivity contribution < 1.29 is 18.0 Å². The summed E-state index contributed by atoms with van der Waals surface area (Å²) in [6.07, 6.45) is -4.83. The van der Waals surface area contributed by atoms with Gasteiger partial charge in [-0.15, -0.1) is 0 Å². The van der Waals surface area contributed by atoms with Gasteiger partial charge in [0.05, 0.1) is 16.8 Å². The minimum Gasteiger partial charge on any atom is -0.342 e. The summed E-state index contributed by atoms with van der Waals surface area (Å²) in [4.78, 5) is 28.6. The number of aryl methyl sites for hydroxylation is 1. The first kappa shape index (κ1) is 20.9. The first-order valence-corrected chi connectivity index (χ1v) is 9.31. The molecule has 0 unspecified atom stereocenters. The van der Waals surface area contributed by atoms with Crippen molar-refractivity contribution in [1.29, 1.82) is 5.26 Å². The standard InChI is InChI=1S/C22H14F3N5O2/c1-12-16(20(31)28-15-10-6-5-9-14(15)11-26)21(32)30-19(27-12)17(13-7-3-2-4-8-13)18(29-30)22(23,24)25/h2-10,27H,1H3,(H,28,31). The van der Waals surface area contributed by atoms with E-state index in [-0.39, 0.29) is 33.7 Å². The van der Waals surface area contributed by atoms with Crippen molar-refractivity contribution in [3.63, 3.8) is 0 Å². The SMILES string of the molecule is Cc1[nH]c2c(-c3ccccc3)c(C(F)(F)F)nn2c(=O)c1C(=O)Nc1ccccc1C#N. The second-order valence-electron chi connectivity index (χ2n) is 6.89. The maximum Gasteiger partial charge on any atom is 0.435 e. The number of amides is 1. The summed E-state index contributed by atoms with van der Waals surface area (Å²) in [6.45, 7) is 1.40. The first-order chi connectivity index (χ1) is 15.2. The average molecular weight is 437 g/mol. The summed E-state index contributed by atoms with van der Waals surface area (Å²) < 4.78 is 41.7. The van der Waals surface area contributed by atoms with Crippen molar-refractivity contribution >= 4 is 17.2 Å². The molecule has 32 heavy (non-hydrogen) atoms. The van der Waals surface area contributed by atoms with E-state index in [2.05, 4.69) is 15.4 Å². The number of hydrogen-bond acceptors (Lipinski definition) is 4. The van der Waals surface area contributed by atoms with Gasteiger partial charge < -0.3 is 10.3 Å². The maximum absolute atomic E-state index is 13.7. The largest absolute Gasteiger partial charge is 0.435 e. The normalized spacial score (nSPS) is 11.3. The third-order valence-electron chi connectivity index (χ3n) is 4.83. The molecule has 10 heteroatoms. The third-order valence-corrected chi connectivity index (χ3v) is 4.83. The topological polar surface area (TPSA) is 103 Å². The van der Waals surface area contributed by atoms with Crippen molar-refractivity contribution in [3.05, 3.63) is 87.5 Å². The number of anilines is 1. The van der Waals surface area contributed by atoms with Crippen LogP contribution in [0.15, 0.2) is 59.4 Å². The van der Waals surface area contributed by atoms with Gasteiger partial charge in [0.2, 0.25) is 0 Å². The zero-order valence-electron chi connectivity index (χ0n) is 16.5. The first-order valence-electron chi connectivity index (χ1n) is 9.31. The number of carbonyl (C=O) groups excluding carboxylic acids is 1. The number of nitriles is 1. The van der Waals surface area contributed by atoms with E-state index in [1.54, 1.807) is 30.3 Å². The van der Waals surface area contributed by atoms with Crippen LogP contribution in [0.5, 0.6) is 0 Å². The summed E-state index contributed by atoms with van der Waals surface area (Å²) in [5.41, 5.74) is -2.55. The van der Waals surface area contributed by atoms with Crippen LogP contribution >= 0.6 is 0 Å². The lowest BCUT2D eigenvalue weighted by Crippen LogP contribution is -2.29. The highest BCUT2D eigenvalue weighted by Crippen LogP contribution is 2.38. The summed E-state index contributed by atoms with van der Waals surface area (Å²) in [7, 11) is 0. The fourth-order valence-corrected chi connectivity index (χ4v) is 3.41. The quantitative estimate of drug-likeness (QED) is 0.503. The number of halogens is 3. The van der Waals surface area contributed by atoms with Gasteiger partial charge in [0.1, 0.15) is 17.3 Å². The molecule has 2 heterocycles. The molecule has 4 rings (SSSR count). The van der Waals surface area contributed by atoms with Crippen LogP contribution in [0.1, 0.15) is 27.3 Å². The van der Waals surface area contributed by atoms with Gasteiger partial charge in [0, 0.05) is 5.69 Å². The van der Waals surface area contributed by atoms with Crippen LogP contribution in [0.4, 0.5) is 18.9 Å². The highest BCUT2D eigenvalue weighted by atomic mass is 19.4. The Hall–Kier alpha value is -4.39. The number of nitrogens with zero attached hydrogens (tertiary/aromatic N) is 3. The van der Waals surface area contributed by atoms with E-state index in [4.69, 9.17) is 0 Å². The lowest BCUT2D eigenvalue weighted by molar-refractivity contribution is -0.140. The van der Waals surface area contributed by atoms with Crippen LogP contribution in [-0.4, -0.2) is 20.5 Å². The summed E-state index contributed by atoms with van der Waals surface area (Å²) in [5, 5.41) is 15.1. The Morgan fingerprint density at radius 3 is 2.44 bits per heavy atom. The van der Waals surface area contributed by atoms with Gasteiger partial charge in [-0.05, 0) is 24.6 Å². The predicted octanol–water partition coefficient (Wildman–Crippen LogP) is 4.14. The lowest BCUT2D eigenvalue weighted by Gasteiger charge is -2.10. The zero-order valence-corrected chi connectivity index (χ0v) is 16.5. The second kappa shape index (κ2) is 7.70. The number of fused-ring (bicyclic) bond motifs is 1. The monoisotopic (exact) mass is 437 g/mol. The molecule has 0 aliphatic heterocycles. The zero-order chi connectivity index (χ0) is 23.0.